The second-order valence-corrected chi connectivity index (χ2v) is 5.56. The van der Waals surface area contributed by atoms with E-state index < -0.39 is 0 Å². The molecule has 2 aromatic rings. The summed E-state index contributed by atoms with van der Waals surface area (Å²) >= 11 is 9.72. The molecule has 0 saturated carbocycles. The largest absolute Gasteiger partial charge is 0.497 e. The maximum atomic E-state index is 6.17. The normalized spacial score (nSPS) is 12.0. The van der Waals surface area contributed by atoms with E-state index in [0.29, 0.717) is 11.6 Å². The topological polar surface area (TPSA) is 47.3 Å². The first-order valence-electron chi connectivity index (χ1n) is 6.20. The lowest BCUT2D eigenvalue weighted by Crippen LogP contribution is -2.21. The fourth-order valence-electron chi connectivity index (χ4n) is 1.95. The zero-order valence-corrected chi connectivity index (χ0v) is 13.4. The molecule has 20 heavy (non-hydrogen) atoms. The van der Waals surface area contributed by atoms with Gasteiger partial charge in [0.2, 0.25) is 0 Å². The highest BCUT2D eigenvalue weighted by molar-refractivity contribution is 9.10. The Morgan fingerprint density at radius 2 is 2.05 bits per heavy atom. The summed E-state index contributed by atoms with van der Waals surface area (Å²) in [6.07, 6.45) is 0. The highest BCUT2D eigenvalue weighted by atomic mass is 79.9. The van der Waals surface area contributed by atoms with Crippen LogP contribution in [0.25, 0.3) is 0 Å². The van der Waals surface area contributed by atoms with Gasteiger partial charge >= 0.3 is 0 Å². The summed E-state index contributed by atoms with van der Waals surface area (Å²) in [4.78, 5) is 0. The molecule has 0 aliphatic rings. The Kier molecular flexibility index (Phi) is 5.29. The third-order valence-electron chi connectivity index (χ3n) is 3.02. The van der Waals surface area contributed by atoms with Crippen LogP contribution < -0.4 is 15.8 Å². The van der Waals surface area contributed by atoms with Crippen molar-refractivity contribution in [2.75, 3.05) is 19.0 Å². The van der Waals surface area contributed by atoms with Gasteiger partial charge in [-0.3, -0.25) is 0 Å². The van der Waals surface area contributed by atoms with Crippen molar-refractivity contribution in [3.63, 3.8) is 0 Å². The molecule has 5 heteroatoms. The SMILES string of the molecule is COc1ccc(Br)c(C(CN)Nc2ccccc2Cl)c1. The molecule has 3 nitrogen and oxygen atoms in total. The maximum absolute atomic E-state index is 6.17. The molecule has 0 fully saturated rings. The van der Waals surface area contributed by atoms with Crippen LogP contribution in [-0.2, 0) is 0 Å². The molecular weight excluding hydrogens is 340 g/mol. The number of hydrogen-bond acceptors (Lipinski definition) is 3. The Morgan fingerprint density at radius 1 is 1.30 bits per heavy atom. The molecule has 0 bridgehead atoms. The molecule has 2 aromatic carbocycles. The van der Waals surface area contributed by atoms with Crippen LogP contribution in [-0.4, -0.2) is 13.7 Å². The summed E-state index contributed by atoms with van der Waals surface area (Å²) in [6.45, 7) is 0.441. The summed E-state index contributed by atoms with van der Waals surface area (Å²) in [5.74, 6) is 0.794. The van der Waals surface area contributed by atoms with Crippen LogP contribution in [0.15, 0.2) is 46.9 Å². The standard InChI is InChI=1S/C15H16BrClN2O/c1-20-10-6-7-12(16)11(8-10)15(9-18)19-14-5-3-2-4-13(14)17/h2-8,15,19H,9,18H2,1H3. The number of nitrogens with two attached hydrogens (primary N) is 1. The van der Waals surface area contributed by atoms with Crippen molar-refractivity contribution in [1.82, 2.24) is 0 Å². The van der Waals surface area contributed by atoms with Crippen LogP contribution >= 0.6 is 27.5 Å². The number of anilines is 1. The minimum absolute atomic E-state index is 0.0561. The average Bonchev–Trinajstić information content (AvgIpc) is 2.47. The van der Waals surface area contributed by atoms with Crippen molar-refractivity contribution in [3.05, 3.63) is 57.5 Å². The molecule has 0 aromatic heterocycles. The first-order chi connectivity index (χ1) is 9.65. The monoisotopic (exact) mass is 354 g/mol. The second-order valence-electron chi connectivity index (χ2n) is 4.30. The van der Waals surface area contributed by atoms with Gasteiger partial charge in [0.15, 0.2) is 0 Å². The summed E-state index contributed by atoms with van der Waals surface area (Å²) in [6, 6.07) is 13.4. The number of para-hydroxylation sites is 1. The lowest BCUT2D eigenvalue weighted by molar-refractivity contribution is 0.414. The number of hydrogen-bond donors (Lipinski definition) is 2. The lowest BCUT2D eigenvalue weighted by Gasteiger charge is -2.21. The third-order valence-corrected chi connectivity index (χ3v) is 4.07. The van der Waals surface area contributed by atoms with E-state index in [1.54, 1.807) is 7.11 Å². The van der Waals surface area contributed by atoms with Gasteiger partial charge in [0.1, 0.15) is 5.75 Å². The van der Waals surface area contributed by atoms with Gasteiger partial charge in [-0.1, -0.05) is 39.7 Å². The maximum Gasteiger partial charge on any atom is 0.119 e. The van der Waals surface area contributed by atoms with E-state index in [0.717, 1.165) is 21.5 Å². The number of halogens is 2. The van der Waals surface area contributed by atoms with Gasteiger partial charge < -0.3 is 15.8 Å². The first kappa shape index (κ1) is 15.2. The molecule has 0 heterocycles. The summed E-state index contributed by atoms with van der Waals surface area (Å²) in [7, 11) is 1.64. The number of ether oxygens (including phenoxy) is 1. The zero-order valence-electron chi connectivity index (χ0n) is 11.1. The van der Waals surface area contributed by atoms with Gasteiger partial charge in [0.25, 0.3) is 0 Å². The summed E-state index contributed by atoms with van der Waals surface area (Å²) < 4.78 is 6.24. The molecule has 106 valence electrons. The van der Waals surface area contributed by atoms with E-state index in [1.807, 2.05) is 42.5 Å². The molecule has 0 spiro atoms. The van der Waals surface area contributed by atoms with Crippen LogP contribution in [0.5, 0.6) is 5.75 Å². The molecule has 1 atom stereocenters. The lowest BCUT2D eigenvalue weighted by atomic mass is 10.1. The van der Waals surface area contributed by atoms with Crippen molar-refractivity contribution in [2.24, 2.45) is 5.73 Å². The van der Waals surface area contributed by atoms with E-state index in [2.05, 4.69) is 21.2 Å². The van der Waals surface area contributed by atoms with Gasteiger partial charge in [-0.25, -0.2) is 0 Å². The molecule has 3 N–H and O–H groups in total. The Balaban J connectivity index is 2.31. The molecular formula is C15H16BrClN2O. The van der Waals surface area contributed by atoms with E-state index in [1.165, 1.54) is 0 Å². The van der Waals surface area contributed by atoms with Gasteiger partial charge in [0, 0.05) is 11.0 Å². The predicted molar refractivity (Wildman–Crippen MR) is 87.6 cm³/mol. The van der Waals surface area contributed by atoms with E-state index in [9.17, 15) is 0 Å². The molecule has 2 rings (SSSR count). The minimum atomic E-state index is -0.0561. The van der Waals surface area contributed by atoms with Crippen molar-refractivity contribution < 1.29 is 4.74 Å². The average molecular weight is 356 g/mol. The van der Waals surface area contributed by atoms with Crippen LogP contribution in [0.2, 0.25) is 5.02 Å². The second kappa shape index (κ2) is 6.97. The number of benzene rings is 2. The minimum Gasteiger partial charge on any atom is -0.497 e. The highest BCUT2D eigenvalue weighted by Crippen LogP contribution is 2.31. The number of nitrogens with one attached hydrogen (secondary N) is 1. The van der Waals surface area contributed by atoms with Crippen LogP contribution in [0, 0.1) is 0 Å². The molecule has 0 aliphatic carbocycles. The van der Waals surface area contributed by atoms with Crippen molar-refractivity contribution in [3.8, 4) is 5.75 Å². The fourth-order valence-corrected chi connectivity index (χ4v) is 2.66. The number of rotatable bonds is 5. The van der Waals surface area contributed by atoms with Crippen LogP contribution in [0.1, 0.15) is 11.6 Å². The smallest absolute Gasteiger partial charge is 0.119 e. The zero-order chi connectivity index (χ0) is 14.5. The van der Waals surface area contributed by atoms with E-state index >= 15 is 0 Å². The van der Waals surface area contributed by atoms with Crippen molar-refractivity contribution in [2.45, 2.75) is 6.04 Å². The van der Waals surface area contributed by atoms with Crippen molar-refractivity contribution in [1.29, 1.82) is 0 Å². The first-order valence-corrected chi connectivity index (χ1v) is 7.37. The fraction of sp³-hybridized carbons (Fsp3) is 0.200. The molecule has 1 unspecified atom stereocenters. The number of methoxy groups -OCH3 is 1. The van der Waals surface area contributed by atoms with Gasteiger partial charge in [-0.05, 0) is 35.9 Å². The molecule has 0 saturated heterocycles. The van der Waals surface area contributed by atoms with Gasteiger partial charge in [0.05, 0.1) is 23.9 Å². The summed E-state index contributed by atoms with van der Waals surface area (Å²) in [5.41, 5.74) is 7.79. The van der Waals surface area contributed by atoms with E-state index in [-0.39, 0.29) is 6.04 Å². The quantitative estimate of drug-likeness (QED) is 0.844. The van der Waals surface area contributed by atoms with Crippen LogP contribution in [0.4, 0.5) is 5.69 Å². The Labute approximate surface area is 132 Å². The molecule has 0 radical (unpaired) electrons. The third kappa shape index (κ3) is 3.45. The highest BCUT2D eigenvalue weighted by Gasteiger charge is 2.15. The molecule has 0 aliphatic heterocycles. The Bertz CT molecular complexity index is 592. The Hall–Kier alpha value is -1.23. The van der Waals surface area contributed by atoms with Crippen LogP contribution in [0.3, 0.4) is 0 Å². The van der Waals surface area contributed by atoms with Gasteiger partial charge in [-0.2, -0.15) is 0 Å². The van der Waals surface area contributed by atoms with Gasteiger partial charge in [-0.15, -0.1) is 0 Å². The summed E-state index contributed by atoms with van der Waals surface area (Å²) in [5, 5.41) is 4.03. The van der Waals surface area contributed by atoms with Crippen molar-refractivity contribution >= 4 is 33.2 Å². The van der Waals surface area contributed by atoms with E-state index in [4.69, 9.17) is 22.1 Å². The predicted octanol–water partition coefficient (Wildman–Crippen LogP) is 4.22. The Morgan fingerprint density at radius 3 is 2.70 bits per heavy atom. The molecule has 0 amide bonds.